The average Bonchev–Trinajstić information content (AvgIpc) is 2.64. The molecule has 0 spiro atoms. The minimum atomic E-state index is -5.48. The first-order valence-electron chi connectivity index (χ1n) is 8.17. The van der Waals surface area contributed by atoms with Crippen LogP contribution in [0.2, 0.25) is 0 Å². The van der Waals surface area contributed by atoms with E-state index in [0.29, 0.717) is 48.5 Å². The minimum absolute atomic E-state index is 0.411. The standard InChI is InChI=1S/C18H14F6O4S2/c1-29(25,26)13-7-3-11(4-8-13)15(19)16(20,18(23,24)17(15,21)22)12-5-9-14(10-6-12)30(2,27)28/h3-10H,1-2H3/t15-,16+. The summed E-state index contributed by atoms with van der Waals surface area (Å²) in [7, 11) is -7.63. The maximum atomic E-state index is 15.5. The van der Waals surface area contributed by atoms with Crippen LogP contribution in [0.5, 0.6) is 0 Å². The molecular formula is C18H14F6O4S2. The number of hydrogen-bond donors (Lipinski definition) is 0. The summed E-state index contributed by atoms with van der Waals surface area (Å²) in [6.45, 7) is 0. The minimum Gasteiger partial charge on any atom is -0.227 e. The first-order chi connectivity index (χ1) is 13.4. The van der Waals surface area contributed by atoms with E-state index in [2.05, 4.69) is 0 Å². The molecule has 0 bridgehead atoms. The van der Waals surface area contributed by atoms with Crippen molar-refractivity contribution in [1.29, 1.82) is 0 Å². The summed E-state index contributed by atoms with van der Waals surface area (Å²) >= 11 is 0. The SMILES string of the molecule is CS(=O)(=O)c1ccc([C@@]2(F)C(F)(F)C(F)(F)[C@@]2(F)c2ccc(S(C)(=O)=O)cc2)cc1. The van der Waals surface area contributed by atoms with Crippen LogP contribution < -0.4 is 0 Å². The zero-order chi connectivity index (χ0) is 23.0. The number of hydrogen-bond acceptors (Lipinski definition) is 4. The Labute approximate surface area is 168 Å². The summed E-state index contributed by atoms with van der Waals surface area (Å²) in [6.07, 6.45) is 1.56. The molecule has 0 amide bonds. The molecule has 2 aromatic carbocycles. The Morgan fingerprint density at radius 3 is 0.967 bits per heavy atom. The highest BCUT2D eigenvalue weighted by molar-refractivity contribution is 7.91. The summed E-state index contributed by atoms with van der Waals surface area (Å²) in [5.41, 5.74) is -11.5. The molecule has 4 nitrogen and oxygen atoms in total. The summed E-state index contributed by atoms with van der Waals surface area (Å²) in [5.74, 6) is -11.0. The van der Waals surface area contributed by atoms with E-state index in [9.17, 15) is 34.4 Å². The van der Waals surface area contributed by atoms with E-state index in [1.54, 1.807) is 0 Å². The highest BCUT2D eigenvalue weighted by Gasteiger charge is 2.98. The molecule has 1 aliphatic carbocycles. The molecular weight excluding hydrogens is 458 g/mol. The molecule has 0 aromatic heterocycles. The van der Waals surface area contributed by atoms with Gasteiger partial charge < -0.3 is 0 Å². The largest absolute Gasteiger partial charge is 0.355 e. The van der Waals surface area contributed by atoms with Gasteiger partial charge in [0.15, 0.2) is 19.7 Å². The number of halogens is 6. The normalized spacial score (nSPS) is 28.0. The first-order valence-corrected chi connectivity index (χ1v) is 12.0. The molecule has 164 valence electrons. The Bertz CT molecular complexity index is 1110. The lowest BCUT2D eigenvalue weighted by Gasteiger charge is -2.58. The van der Waals surface area contributed by atoms with Crippen molar-refractivity contribution in [3.8, 4) is 0 Å². The smallest absolute Gasteiger partial charge is 0.227 e. The van der Waals surface area contributed by atoms with Crippen molar-refractivity contribution in [1.82, 2.24) is 0 Å². The van der Waals surface area contributed by atoms with E-state index in [4.69, 9.17) is 0 Å². The Kier molecular flexibility index (Phi) is 4.69. The van der Waals surface area contributed by atoms with Crippen LogP contribution in [0.15, 0.2) is 58.3 Å². The number of rotatable bonds is 4. The van der Waals surface area contributed by atoms with Gasteiger partial charge in [0, 0.05) is 12.5 Å². The summed E-state index contributed by atoms with van der Waals surface area (Å²) < 4.78 is 134. The molecule has 2 atom stereocenters. The van der Waals surface area contributed by atoms with Gasteiger partial charge in [0.25, 0.3) is 0 Å². The van der Waals surface area contributed by atoms with Gasteiger partial charge in [-0.15, -0.1) is 0 Å². The van der Waals surface area contributed by atoms with Crippen molar-refractivity contribution < 1.29 is 43.2 Å². The van der Waals surface area contributed by atoms with Crippen molar-refractivity contribution in [2.75, 3.05) is 12.5 Å². The number of sulfone groups is 2. The lowest BCUT2D eigenvalue weighted by molar-refractivity contribution is -0.451. The lowest BCUT2D eigenvalue weighted by Crippen LogP contribution is -2.82. The molecule has 1 fully saturated rings. The quantitative estimate of drug-likeness (QED) is 0.635. The van der Waals surface area contributed by atoms with Gasteiger partial charge >= 0.3 is 11.8 Å². The summed E-state index contributed by atoms with van der Waals surface area (Å²) in [6, 6.07) is 4.80. The van der Waals surface area contributed by atoms with Crippen LogP contribution in [0.1, 0.15) is 11.1 Å². The molecule has 0 N–H and O–H groups in total. The van der Waals surface area contributed by atoms with Gasteiger partial charge in [-0.2, -0.15) is 17.6 Å². The van der Waals surface area contributed by atoms with Gasteiger partial charge in [0.05, 0.1) is 9.79 Å². The molecule has 12 heteroatoms. The Balaban J connectivity index is 2.21. The van der Waals surface area contributed by atoms with Crippen molar-refractivity contribution in [3.63, 3.8) is 0 Å². The third-order valence-electron chi connectivity index (χ3n) is 5.09. The Hall–Kier alpha value is -2.08. The predicted molar refractivity (Wildman–Crippen MR) is 94.6 cm³/mol. The van der Waals surface area contributed by atoms with Crippen LogP contribution in [-0.2, 0) is 31.0 Å². The Morgan fingerprint density at radius 1 is 0.533 bits per heavy atom. The zero-order valence-corrected chi connectivity index (χ0v) is 17.0. The van der Waals surface area contributed by atoms with Crippen LogP contribution in [0, 0.1) is 0 Å². The summed E-state index contributed by atoms with van der Waals surface area (Å²) in [4.78, 5) is -0.822. The molecule has 0 saturated heterocycles. The van der Waals surface area contributed by atoms with E-state index in [0.717, 1.165) is 12.5 Å². The van der Waals surface area contributed by atoms with Crippen LogP contribution >= 0.6 is 0 Å². The van der Waals surface area contributed by atoms with Crippen LogP contribution in [0.25, 0.3) is 0 Å². The van der Waals surface area contributed by atoms with Crippen molar-refractivity contribution in [2.45, 2.75) is 33.0 Å². The molecule has 2 aromatic rings. The fraction of sp³-hybridized carbons (Fsp3) is 0.333. The van der Waals surface area contributed by atoms with Gasteiger partial charge in [-0.05, 0) is 35.4 Å². The van der Waals surface area contributed by atoms with Gasteiger partial charge in [-0.25, -0.2) is 25.6 Å². The van der Waals surface area contributed by atoms with Crippen LogP contribution in [0.4, 0.5) is 26.3 Å². The van der Waals surface area contributed by atoms with E-state index in [1.165, 1.54) is 0 Å². The van der Waals surface area contributed by atoms with Crippen molar-refractivity contribution >= 4 is 19.7 Å². The molecule has 1 saturated carbocycles. The average molecular weight is 472 g/mol. The second-order valence-electron chi connectivity index (χ2n) is 7.06. The predicted octanol–water partition coefficient (Wildman–Crippen LogP) is 3.81. The topological polar surface area (TPSA) is 68.3 Å². The van der Waals surface area contributed by atoms with E-state index < -0.39 is 63.8 Å². The molecule has 0 unspecified atom stereocenters. The van der Waals surface area contributed by atoms with Crippen LogP contribution in [0.3, 0.4) is 0 Å². The van der Waals surface area contributed by atoms with Crippen molar-refractivity contribution in [3.05, 3.63) is 59.7 Å². The first kappa shape index (κ1) is 22.6. The monoisotopic (exact) mass is 472 g/mol. The number of benzene rings is 2. The maximum absolute atomic E-state index is 15.5. The van der Waals surface area contributed by atoms with Crippen molar-refractivity contribution in [2.24, 2.45) is 0 Å². The third-order valence-corrected chi connectivity index (χ3v) is 7.35. The molecule has 3 rings (SSSR count). The van der Waals surface area contributed by atoms with Gasteiger partial charge in [-0.3, -0.25) is 0 Å². The van der Waals surface area contributed by atoms with E-state index in [-0.39, 0.29) is 0 Å². The van der Waals surface area contributed by atoms with E-state index in [1.807, 2.05) is 0 Å². The van der Waals surface area contributed by atoms with Gasteiger partial charge in [0.1, 0.15) is 0 Å². The maximum Gasteiger partial charge on any atom is 0.355 e. The van der Waals surface area contributed by atoms with Gasteiger partial charge in [-0.1, -0.05) is 24.3 Å². The third kappa shape index (κ3) is 2.65. The second-order valence-corrected chi connectivity index (χ2v) is 11.1. The summed E-state index contributed by atoms with van der Waals surface area (Å²) in [5, 5.41) is 0. The van der Waals surface area contributed by atoms with Gasteiger partial charge in [0.2, 0.25) is 11.3 Å². The zero-order valence-electron chi connectivity index (χ0n) is 15.3. The lowest BCUT2D eigenvalue weighted by atomic mass is 9.56. The fourth-order valence-corrected chi connectivity index (χ4v) is 4.69. The van der Waals surface area contributed by atoms with Crippen LogP contribution in [-0.4, -0.2) is 41.2 Å². The second kappa shape index (κ2) is 6.22. The molecule has 30 heavy (non-hydrogen) atoms. The highest BCUT2D eigenvalue weighted by atomic mass is 32.2. The Morgan fingerprint density at radius 2 is 0.767 bits per heavy atom. The highest BCUT2D eigenvalue weighted by Crippen LogP contribution is 2.76. The molecule has 1 aliphatic rings. The molecule has 0 heterocycles. The fourth-order valence-electron chi connectivity index (χ4n) is 3.43. The number of alkyl halides is 6. The van der Waals surface area contributed by atoms with E-state index >= 15 is 8.78 Å². The molecule has 0 radical (unpaired) electrons. The molecule has 0 aliphatic heterocycles.